The van der Waals surface area contributed by atoms with Crippen LogP contribution >= 0.6 is 0 Å². The molecule has 0 radical (unpaired) electrons. The lowest BCUT2D eigenvalue weighted by molar-refractivity contribution is 1.30. The Morgan fingerprint density at radius 3 is 2.16 bits per heavy atom. The predicted octanol–water partition coefficient (Wildman–Crippen LogP) is 4.68. The van der Waals surface area contributed by atoms with Gasteiger partial charge in [0.15, 0.2) is 0 Å². The third-order valence-corrected chi connectivity index (χ3v) is 14.4. The number of fused-ring (bicyclic) bond motifs is 3. The average molecular weight is 436 g/mol. The molecule has 31 heavy (non-hydrogen) atoms. The second-order valence-electron chi connectivity index (χ2n) is 9.81. The molecule has 2 heterocycles. The van der Waals surface area contributed by atoms with E-state index in [0.29, 0.717) is 0 Å². The van der Waals surface area contributed by atoms with Gasteiger partial charge in [0.25, 0.3) is 0 Å². The molecule has 3 aromatic carbocycles. The van der Waals surface area contributed by atoms with E-state index in [1.807, 2.05) is 0 Å². The first-order chi connectivity index (χ1) is 14.8. The van der Waals surface area contributed by atoms with Gasteiger partial charge in [0.1, 0.15) is 16.1 Å². The molecule has 0 aliphatic carbocycles. The highest BCUT2D eigenvalue weighted by Gasteiger charge is 2.37. The quantitative estimate of drug-likeness (QED) is 0.426. The highest BCUT2D eigenvalue weighted by atomic mass is 28.3. The van der Waals surface area contributed by atoms with E-state index in [1.54, 1.807) is 10.4 Å². The summed E-state index contributed by atoms with van der Waals surface area (Å²) in [5, 5.41) is 5.97. The Morgan fingerprint density at radius 2 is 1.42 bits per heavy atom. The Kier molecular flexibility index (Phi) is 4.65. The van der Waals surface area contributed by atoms with Crippen LogP contribution < -0.4 is 20.7 Å². The Labute approximate surface area is 187 Å². The summed E-state index contributed by atoms with van der Waals surface area (Å²) in [6.45, 7) is 12.0. The third-order valence-electron chi connectivity index (χ3n) is 7.16. The van der Waals surface area contributed by atoms with Gasteiger partial charge in [0.05, 0.1) is 5.69 Å². The first-order valence-electron chi connectivity index (χ1n) is 11.1. The SMILES string of the molecule is Cc1cc(-c2ccc3c(c2)-c2ccccc2[Si]3(C)C)ncc1[Si](C)(C)c1ccccc1. The molecule has 3 heteroatoms. The number of aromatic nitrogens is 1. The van der Waals surface area contributed by atoms with Crippen molar-refractivity contribution >= 4 is 36.9 Å². The lowest BCUT2D eigenvalue weighted by Crippen LogP contribution is -2.54. The van der Waals surface area contributed by atoms with Crippen LogP contribution in [0.5, 0.6) is 0 Å². The molecule has 0 fully saturated rings. The van der Waals surface area contributed by atoms with E-state index in [4.69, 9.17) is 4.98 Å². The van der Waals surface area contributed by atoms with Crippen molar-refractivity contribution in [2.75, 3.05) is 0 Å². The lowest BCUT2D eigenvalue weighted by Gasteiger charge is -2.25. The van der Waals surface area contributed by atoms with Crippen LogP contribution in [0.1, 0.15) is 5.56 Å². The van der Waals surface area contributed by atoms with Crippen LogP contribution in [0.4, 0.5) is 0 Å². The minimum Gasteiger partial charge on any atom is -0.256 e. The molecule has 0 atom stereocenters. The second kappa shape index (κ2) is 7.15. The molecule has 1 nitrogen and oxygen atoms in total. The first-order valence-corrected chi connectivity index (χ1v) is 17.1. The van der Waals surface area contributed by atoms with Crippen molar-refractivity contribution in [3.05, 3.63) is 90.6 Å². The van der Waals surface area contributed by atoms with Gasteiger partial charge in [-0.25, -0.2) is 0 Å². The topological polar surface area (TPSA) is 12.9 Å². The monoisotopic (exact) mass is 435 g/mol. The van der Waals surface area contributed by atoms with E-state index in [-0.39, 0.29) is 0 Å². The first kappa shape index (κ1) is 20.2. The van der Waals surface area contributed by atoms with Gasteiger partial charge in [-0.15, -0.1) is 0 Å². The van der Waals surface area contributed by atoms with Crippen LogP contribution in [0.3, 0.4) is 0 Å². The molecule has 1 aliphatic heterocycles. The number of hydrogen-bond donors (Lipinski definition) is 0. The summed E-state index contributed by atoms with van der Waals surface area (Å²) in [6, 6.07) is 29.2. The van der Waals surface area contributed by atoms with E-state index in [2.05, 4.69) is 118 Å². The van der Waals surface area contributed by atoms with Crippen molar-refractivity contribution in [3.8, 4) is 22.4 Å². The molecule has 0 amide bonds. The highest BCUT2D eigenvalue weighted by molar-refractivity contribution is 7.03. The molecule has 0 saturated carbocycles. The maximum Gasteiger partial charge on any atom is 0.114 e. The Hall–Kier alpha value is -2.76. The molecule has 0 spiro atoms. The zero-order valence-electron chi connectivity index (χ0n) is 19.0. The fraction of sp³-hybridized carbons (Fsp3) is 0.179. The lowest BCUT2D eigenvalue weighted by atomic mass is 10.0. The van der Waals surface area contributed by atoms with Gasteiger partial charge in [-0.3, -0.25) is 4.98 Å². The van der Waals surface area contributed by atoms with E-state index >= 15 is 0 Å². The smallest absolute Gasteiger partial charge is 0.114 e. The van der Waals surface area contributed by atoms with E-state index < -0.39 is 16.1 Å². The number of aryl methyl sites for hydroxylation is 1. The van der Waals surface area contributed by atoms with Crippen molar-refractivity contribution in [3.63, 3.8) is 0 Å². The molecule has 4 aromatic rings. The van der Waals surface area contributed by atoms with Crippen molar-refractivity contribution in [1.29, 1.82) is 0 Å². The van der Waals surface area contributed by atoms with Gasteiger partial charge in [0, 0.05) is 11.8 Å². The summed E-state index contributed by atoms with van der Waals surface area (Å²) in [5.41, 5.74) is 6.47. The number of nitrogens with zero attached hydrogens (tertiary/aromatic N) is 1. The standard InChI is InChI=1S/C28H29NSi2/c1-20-17-25(29-19-28(20)30(2,3)22-11-7-6-8-12-22)21-15-16-27-24(18-21)23-13-9-10-14-26(23)31(27,4)5/h6-19H,1-5H3. The fourth-order valence-electron chi connectivity index (χ4n) is 5.26. The summed E-state index contributed by atoms with van der Waals surface area (Å²) in [7, 11) is -3.37. The third kappa shape index (κ3) is 3.15. The maximum absolute atomic E-state index is 4.97. The molecule has 1 aromatic heterocycles. The zero-order valence-corrected chi connectivity index (χ0v) is 21.0. The highest BCUT2D eigenvalue weighted by Crippen LogP contribution is 2.31. The van der Waals surface area contributed by atoms with Crippen molar-refractivity contribution < 1.29 is 0 Å². The fourth-order valence-corrected chi connectivity index (χ4v) is 11.1. The number of hydrogen-bond acceptors (Lipinski definition) is 1. The molecule has 0 N–H and O–H groups in total. The molecule has 5 rings (SSSR count). The predicted molar refractivity (Wildman–Crippen MR) is 140 cm³/mol. The molecule has 1 aliphatic rings. The number of benzene rings is 3. The minimum absolute atomic E-state index is 1.07. The van der Waals surface area contributed by atoms with Gasteiger partial charge in [-0.05, 0) is 51.3 Å². The molecule has 0 unspecified atom stereocenters. The second-order valence-corrected chi connectivity index (χ2v) is 18.5. The van der Waals surface area contributed by atoms with Gasteiger partial charge >= 0.3 is 0 Å². The van der Waals surface area contributed by atoms with Crippen molar-refractivity contribution in [1.82, 2.24) is 4.98 Å². The molecule has 154 valence electrons. The summed E-state index contributed by atoms with van der Waals surface area (Å²) in [4.78, 5) is 4.97. The van der Waals surface area contributed by atoms with E-state index in [1.165, 1.54) is 32.6 Å². The van der Waals surface area contributed by atoms with E-state index in [9.17, 15) is 0 Å². The Balaban J connectivity index is 1.57. The zero-order chi connectivity index (χ0) is 21.8. The largest absolute Gasteiger partial charge is 0.256 e. The van der Waals surface area contributed by atoms with Crippen molar-refractivity contribution in [2.24, 2.45) is 0 Å². The number of rotatable bonds is 3. The number of pyridine rings is 1. The van der Waals surface area contributed by atoms with Crippen LogP contribution in [0.15, 0.2) is 85.1 Å². The van der Waals surface area contributed by atoms with Crippen LogP contribution in [-0.2, 0) is 0 Å². The minimum atomic E-state index is -1.76. The Bertz CT molecular complexity index is 1290. The summed E-state index contributed by atoms with van der Waals surface area (Å²) in [5.74, 6) is 0. The van der Waals surface area contributed by atoms with Gasteiger partial charge in [-0.1, -0.05) is 98.1 Å². The summed E-state index contributed by atoms with van der Waals surface area (Å²) in [6.07, 6.45) is 2.14. The maximum atomic E-state index is 4.97. The van der Waals surface area contributed by atoms with Crippen LogP contribution in [0.25, 0.3) is 22.4 Å². The normalized spacial score (nSPS) is 14.2. The van der Waals surface area contributed by atoms with Gasteiger partial charge < -0.3 is 0 Å². The summed E-state index contributed by atoms with van der Waals surface area (Å²) < 4.78 is 0. The van der Waals surface area contributed by atoms with Crippen LogP contribution in [-0.4, -0.2) is 21.1 Å². The van der Waals surface area contributed by atoms with Gasteiger partial charge in [0.2, 0.25) is 0 Å². The van der Waals surface area contributed by atoms with Crippen LogP contribution in [0, 0.1) is 6.92 Å². The van der Waals surface area contributed by atoms with Gasteiger partial charge in [-0.2, -0.15) is 0 Å². The molecule has 0 saturated heterocycles. The molecule has 0 bridgehead atoms. The molecular formula is C28H29NSi2. The van der Waals surface area contributed by atoms with Crippen molar-refractivity contribution in [2.45, 2.75) is 33.1 Å². The molecular weight excluding hydrogens is 406 g/mol. The van der Waals surface area contributed by atoms with Crippen LogP contribution in [0.2, 0.25) is 26.2 Å². The Morgan fingerprint density at radius 1 is 0.742 bits per heavy atom. The summed E-state index contributed by atoms with van der Waals surface area (Å²) >= 11 is 0. The average Bonchev–Trinajstić information content (AvgIpc) is 3.01. The van der Waals surface area contributed by atoms with E-state index in [0.717, 1.165) is 5.69 Å².